The van der Waals surface area contributed by atoms with Crippen molar-refractivity contribution in [1.82, 2.24) is 9.55 Å². The summed E-state index contributed by atoms with van der Waals surface area (Å²) in [7, 11) is -3.76. The molecule has 2 aromatic heterocycles. The summed E-state index contributed by atoms with van der Waals surface area (Å²) in [6, 6.07) is 26.9. The van der Waals surface area contributed by atoms with E-state index in [4.69, 9.17) is 4.98 Å². The number of hydrogen-bond donors (Lipinski definition) is 1. The highest BCUT2D eigenvalue weighted by molar-refractivity contribution is 7.92. The standard InChI is InChI=1S/C30H27N3O3S/c1-20-13-16-23(17-14-20)29(34)28-22(3)33(30-26(28)18-15-21(2)31-30)19-24-9-7-8-12-27(24)32-37(35,36)25-10-5-4-6-11-25/h4-18,32H,19H2,1-3H3. The summed E-state index contributed by atoms with van der Waals surface area (Å²) < 4.78 is 30.8. The van der Waals surface area contributed by atoms with Gasteiger partial charge in [0, 0.05) is 22.3 Å². The van der Waals surface area contributed by atoms with E-state index >= 15 is 0 Å². The number of nitrogens with one attached hydrogen (secondary N) is 1. The van der Waals surface area contributed by atoms with Crippen molar-refractivity contribution in [2.45, 2.75) is 32.2 Å². The van der Waals surface area contributed by atoms with Gasteiger partial charge in [-0.1, -0.05) is 66.2 Å². The number of hydrogen-bond acceptors (Lipinski definition) is 4. The van der Waals surface area contributed by atoms with Crippen LogP contribution in [0.15, 0.2) is 95.9 Å². The number of pyridine rings is 1. The molecule has 3 aromatic carbocycles. The average Bonchev–Trinajstić information content (AvgIpc) is 3.16. The summed E-state index contributed by atoms with van der Waals surface area (Å²) in [5.41, 5.74) is 5.85. The number of carbonyl (C=O) groups excluding carboxylic acids is 1. The van der Waals surface area contributed by atoms with Crippen LogP contribution >= 0.6 is 0 Å². The molecule has 6 nitrogen and oxygen atoms in total. The van der Waals surface area contributed by atoms with Crippen molar-refractivity contribution in [2.75, 3.05) is 4.72 Å². The quantitative estimate of drug-likeness (QED) is 0.271. The van der Waals surface area contributed by atoms with Gasteiger partial charge < -0.3 is 4.57 Å². The molecule has 1 N–H and O–H groups in total. The van der Waals surface area contributed by atoms with Crippen LogP contribution in [0.4, 0.5) is 5.69 Å². The third-order valence-corrected chi connectivity index (χ3v) is 7.87. The maximum atomic E-state index is 13.6. The number of fused-ring (bicyclic) bond motifs is 1. The van der Waals surface area contributed by atoms with E-state index in [-0.39, 0.29) is 10.7 Å². The lowest BCUT2D eigenvalue weighted by Crippen LogP contribution is -2.15. The van der Waals surface area contributed by atoms with Gasteiger partial charge in [0.25, 0.3) is 10.0 Å². The van der Waals surface area contributed by atoms with Gasteiger partial charge in [0.15, 0.2) is 5.78 Å². The second-order valence-corrected chi connectivity index (χ2v) is 10.8. The predicted octanol–water partition coefficient (Wildman–Crippen LogP) is 6.04. The molecule has 0 amide bonds. The SMILES string of the molecule is Cc1ccc(C(=O)c2c(C)n(Cc3ccccc3NS(=O)(=O)c3ccccc3)c3nc(C)ccc23)cc1. The highest BCUT2D eigenvalue weighted by atomic mass is 32.2. The average molecular weight is 510 g/mol. The van der Waals surface area contributed by atoms with E-state index in [0.717, 1.165) is 27.9 Å². The molecule has 0 unspecified atom stereocenters. The first-order valence-electron chi connectivity index (χ1n) is 12.0. The third kappa shape index (κ3) is 4.78. The van der Waals surface area contributed by atoms with Gasteiger partial charge in [-0.05, 0) is 56.7 Å². The van der Waals surface area contributed by atoms with E-state index in [0.29, 0.717) is 29.0 Å². The summed E-state index contributed by atoms with van der Waals surface area (Å²) in [6.45, 7) is 6.15. The number of para-hydroxylation sites is 1. The Morgan fingerprint density at radius 3 is 2.24 bits per heavy atom. The number of sulfonamides is 1. The van der Waals surface area contributed by atoms with Crippen molar-refractivity contribution < 1.29 is 13.2 Å². The fraction of sp³-hybridized carbons (Fsp3) is 0.133. The molecule has 0 fully saturated rings. The van der Waals surface area contributed by atoms with E-state index in [1.807, 2.05) is 73.9 Å². The number of benzene rings is 3. The maximum absolute atomic E-state index is 13.6. The Kier molecular flexibility index (Phi) is 6.39. The highest BCUT2D eigenvalue weighted by Crippen LogP contribution is 2.30. The normalized spacial score (nSPS) is 11.5. The molecule has 5 rings (SSSR count). The van der Waals surface area contributed by atoms with Gasteiger partial charge in [-0.3, -0.25) is 9.52 Å². The monoisotopic (exact) mass is 509 g/mol. The Balaban J connectivity index is 1.59. The van der Waals surface area contributed by atoms with Crippen molar-refractivity contribution >= 4 is 32.5 Å². The minimum Gasteiger partial charge on any atom is -0.325 e. The lowest BCUT2D eigenvalue weighted by atomic mass is 10.00. The molecule has 0 radical (unpaired) electrons. The Bertz CT molecular complexity index is 1720. The Morgan fingerprint density at radius 2 is 1.51 bits per heavy atom. The molecule has 0 atom stereocenters. The lowest BCUT2D eigenvalue weighted by molar-refractivity contribution is 0.103. The van der Waals surface area contributed by atoms with E-state index in [1.165, 1.54) is 0 Å². The van der Waals surface area contributed by atoms with Crippen LogP contribution in [0.5, 0.6) is 0 Å². The summed E-state index contributed by atoms with van der Waals surface area (Å²) in [4.78, 5) is 18.6. The highest BCUT2D eigenvalue weighted by Gasteiger charge is 2.23. The van der Waals surface area contributed by atoms with Crippen LogP contribution in [0, 0.1) is 20.8 Å². The Morgan fingerprint density at radius 1 is 0.838 bits per heavy atom. The summed E-state index contributed by atoms with van der Waals surface area (Å²) in [6.07, 6.45) is 0. The smallest absolute Gasteiger partial charge is 0.261 e. The van der Waals surface area contributed by atoms with Crippen LogP contribution in [0.25, 0.3) is 11.0 Å². The van der Waals surface area contributed by atoms with Crippen LogP contribution in [0.1, 0.15) is 38.4 Å². The van der Waals surface area contributed by atoms with Gasteiger partial charge in [-0.2, -0.15) is 0 Å². The van der Waals surface area contributed by atoms with Crippen molar-refractivity contribution in [3.8, 4) is 0 Å². The summed E-state index contributed by atoms with van der Waals surface area (Å²) >= 11 is 0. The second kappa shape index (κ2) is 9.67. The molecular formula is C30H27N3O3S. The van der Waals surface area contributed by atoms with Crippen molar-refractivity contribution in [2.24, 2.45) is 0 Å². The van der Waals surface area contributed by atoms with Gasteiger partial charge >= 0.3 is 0 Å². The van der Waals surface area contributed by atoms with Crippen LogP contribution in [-0.4, -0.2) is 23.8 Å². The minimum absolute atomic E-state index is 0.0648. The van der Waals surface area contributed by atoms with Crippen LogP contribution in [0.3, 0.4) is 0 Å². The molecule has 0 bridgehead atoms. The van der Waals surface area contributed by atoms with Gasteiger partial charge in [0.05, 0.1) is 22.7 Å². The number of carbonyl (C=O) groups is 1. The van der Waals surface area contributed by atoms with Gasteiger partial charge in [0.2, 0.25) is 0 Å². The van der Waals surface area contributed by atoms with Crippen molar-refractivity contribution in [3.05, 3.63) is 125 Å². The van der Waals surface area contributed by atoms with E-state index in [1.54, 1.807) is 42.5 Å². The molecule has 0 spiro atoms. The fourth-order valence-corrected chi connectivity index (χ4v) is 5.62. The Hall–Kier alpha value is -4.23. The zero-order chi connectivity index (χ0) is 26.2. The van der Waals surface area contributed by atoms with Crippen molar-refractivity contribution in [1.29, 1.82) is 0 Å². The first kappa shape index (κ1) is 24.5. The molecule has 7 heteroatoms. The van der Waals surface area contributed by atoms with E-state index in [9.17, 15) is 13.2 Å². The van der Waals surface area contributed by atoms with E-state index in [2.05, 4.69) is 4.72 Å². The lowest BCUT2D eigenvalue weighted by Gasteiger charge is -2.15. The largest absolute Gasteiger partial charge is 0.325 e. The first-order valence-corrected chi connectivity index (χ1v) is 13.5. The van der Waals surface area contributed by atoms with Crippen LogP contribution in [0.2, 0.25) is 0 Å². The van der Waals surface area contributed by atoms with Gasteiger partial charge in [-0.15, -0.1) is 0 Å². The number of ketones is 1. The van der Waals surface area contributed by atoms with Crippen LogP contribution in [-0.2, 0) is 16.6 Å². The topological polar surface area (TPSA) is 81.1 Å². The van der Waals surface area contributed by atoms with Crippen LogP contribution < -0.4 is 4.72 Å². The molecule has 0 aliphatic carbocycles. The number of nitrogens with zero attached hydrogens (tertiary/aromatic N) is 2. The number of aromatic nitrogens is 2. The molecule has 0 aliphatic rings. The molecule has 186 valence electrons. The number of anilines is 1. The van der Waals surface area contributed by atoms with Crippen molar-refractivity contribution in [3.63, 3.8) is 0 Å². The molecule has 2 heterocycles. The zero-order valence-electron chi connectivity index (χ0n) is 20.9. The summed E-state index contributed by atoms with van der Waals surface area (Å²) in [5, 5.41) is 0.774. The third-order valence-electron chi connectivity index (χ3n) is 6.49. The maximum Gasteiger partial charge on any atom is 0.261 e. The minimum atomic E-state index is -3.76. The molecule has 0 aliphatic heterocycles. The molecule has 0 saturated heterocycles. The van der Waals surface area contributed by atoms with Gasteiger partial charge in [-0.25, -0.2) is 13.4 Å². The molecular weight excluding hydrogens is 482 g/mol. The fourth-order valence-electron chi connectivity index (χ4n) is 4.49. The first-order chi connectivity index (χ1) is 17.7. The van der Waals surface area contributed by atoms with Gasteiger partial charge in [0.1, 0.15) is 5.65 Å². The predicted molar refractivity (Wildman–Crippen MR) is 147 cm³/mol. The number of aryl methyl sites for hydroxylation is 2. The molecule has 5 aromatic rings. The Labute approximate surface area is 216 Å². The zero-order valence-corrected chi connectivity index (χ0v) is 21.7. The number of rotatable bonds is 7. The molecule has 0 saturated carbocycles. The molecule has 37 heavy (non-hydrogen) atoms. The van der Waals surface area contributed by atoms with E-state index < -0.39 is 10.0 Å². The summed E-state index contributed by atoms with van der Waals surface area (Å²) in [5.74, 6) is -0.0648. The second-order valence-electron chi connectivity index (χ2n) is 9.14.